The van der Waals surface area contributed by atoms with Gasteiger partial charge in [-0.3, -0.25) is 4.79 Å². The number of hydrogen-bond donors (Lipinski definition) is 2. The van der Waals surface area contributed by atoms with Crippen molar-refractivity contribution in [2.75, 3.05) is 19.0 Å². The molecule has 138 valence electrons. The highest BCUT2D eigenvalue weighted by Gasteiger charge is 2.17. The van der Waals surface area contributed by atoms with Gasteiger partial charge in [-0.05, 0) is 36.1 Å². The fraction of sp³-hybridized carbons (Fsp3) is 0.300. The Labute approximate surface area is 152 Å². The predicted molar refractivity (Wildman–Crippen MR) is 98.7 cm³/mol. The van der Waals surface area contributed by atoms with Crippen LogP contribution in [0.5, 0.6) is 11.5 Å². The minimum Gasteiger partial charge on any atom is -0.505 e. The monoisotopic (exact) mass is 357 g/mol. The van der Waals surface area contributed by atoms with Crippen LogP contribution in [0.3, 0.4) is 0 Å². The molecule has 0 spiro atoms. The zero-order valence-corrected chi connectivity index (χ0v) is 15.1. The highest BCUT2D eigenvalue weighted by Crippen LogP contribution is 2.29. The van der Waals surface area contributed by atoms with Gasteiger partial charge in [0.1, 0.15) is 11.3 Å². The Morgan fingerprint density at radius 3 is 2.58 bits per heavy atom. The van der Waals surface area contributed by atoms with Crippen LogP contribution in [0.15, 0.2) is 42.5 Å². The molecule has 1 amide bonds. The largest absolute Gasteiger partial charge is 0.505 e. The van der Waals surface area contributed by atoms with Crippen LogP contribution < -0.4 is 10.1 Å². The first-order valence-electron chi connectivity index (χ1n) is 8.39. The smallest absolute Gasteiger partial charge is 0.341 e. The van der Waals surface area contributed by atoms with Gasteiger partial charge >= 0.3 is 5.97 Å². The lowest BCUT2D eigenvalue weighted by Crippen LogP contribution is -2.21. The van der Waals surface area contributed by atoms with Crippen molar-refractivity contribution >= 4 is 17.6 Å². The van der Waals surface area contributed by atoms with Gasteiger partial charge < -0.3 is 19.9 Å². The Morgan fingerprint density at radius 2 is 1.88 bits per heavy atom. The molecule has 2 aromatic carbocycles. The molecule has 2 N–H and O–H groups in total. The number of carbonyl (C=O) groups excluding carboxylic acids is 2. The van der Waals surface area contributed by atoms with Crippen LogP contribution in [-0.4, -0.2) is 30.7 Å². The van der Waals surface area contributed by atoms with Gasteiger partial charge in [-0.1, -0.05) is 38.1 Å². The number of rotatable bonds is 7. The number of nitrogens with one attached hydrogen (secondary N) is 1. The molecule has 2 aromatic rings. The number of benzene rings is 2. The zero-order chi connectivity index (χ0) is 19.1. The number of phenols is 1. The molecule has 1 unspecified atom stereocenters. The number of hydrogen-bond acceptors (Lipinski definition) is 5. The molecule has 0 bridgehead atoms. The summed E-state index contributed by atoms with van der Waals surface area (Å²) in [6.45, 7) is 3.97. The van der Waals surface area contributed by atoms with Crippen LogP contribution in [0.2, 0.25) is 0 Å². The van der Waals surface area contributed by atoms with Crippen molar-refractivity contribution < 1.29 is 24.2 Å². The molecule has 0 radical (unpaired) electrons. The van der Waals surface area contributed by atoms with Crippen molar-refractivity contribution in [3.8, 4) is 11.5 Å². The number of esters is 1. The maximum Gasteiger partial charge on any atom is 0.341 e. The third kappa shape index (κ3) is 4.53. The lowest BCUT2D eigenvalue weighted by molar-refractivity contribution is -0.118. The van der Waals surface area contributed by atoms with E-state index in [-0.39, 0.29) is 23.6 Å². The van der Waals surface area contributed by atoms with Crippen molar-refractivity contribution in [3.05, 3.63) is 53.6 Å². The molecule has 1 atom stereocenters. The Bertz CT molecular complexity index is 788. The molecule has 6 heteroatoms. The Morgan fingerprint density at radius 1 is 1.15 bits per heavy atom. The summed E-state index contributed by atoms with van der Waals surface area (Å²) in [5, 5.41) is 12.7. The number of amides is 1. The van der Waals surface area contributed by atoms with Crippen molar-refractivity contribution in [2.24, 2.45) is 0 Å². The van der Waals surface area contributed by atoms with Crippen molar-refractivity contribution in [1.82, 2.24) is 0 Å². The Hall–Kier alpha value is -3.02. The van der Waals surface area contributed by atoms with Crippen molar-refractivity contribution in [3.63, 3.8) is 0 Å². The number of ether oxygens (including phenoxy) is 2. The van der Waals surface area contributed by atoms with Gasteiger partial charge in [0.25, 0.3) is 5.91 Å². The summed E-state index contributed by atoms with van der Waals surface area (Å²) >= 11 is 0. The second kappa shape index (κ2) is 8.89. The van der Waals surface area contributed by atoms with Gasteiger partial charge in [-0.15, -0.1) is 0 Å². The average Bonchev–Trinajstić information content (AvgIpc) is 2.67. The van der Waals surface area contributed by atoms with Crippen molar-refractivity contribution in [1.29, 1.82) is 0 Å². The first kappa shape index (κ1) is 19.3. The van der Waals surface area contributed by atoms with Gasteiger partial charge in [0.15, 0.2) is 12.4 Å². The summed E-state index contributed by atoms with van der Waals surface area (Å²) in [6, 6.07) is 12.0. The maximum absolute atomic E-state index is 12.2. The minimum atomic E-state index is -0.683. The van der Waals surface area contributed by atoms with E-state index in [1.807, 2.05) is 24.3 Å². The van der Waals surface area contributed by atoms with Crippen LogP contribution in [0.1, 0.15) is 42.1 Å². The maximum atomic E-state index is 12.2. The quantitative estimate of drug-likeness (QED) is 0.583. The van der Waals surface area contributed by atoms with Gasteiger partial charge in [-0.2, -0.15) is 0 Å². The molecule has 0 heterocycles. The molecular weight excluding hydrogens is 334 g/mol. The van der Waals surface area contributed by atoms with Gasteiger partial charge in [0.2, 0.25) is 0 Å². The Balaban J connectivity index is 2.06. The van der Waals surface area contributed by atoms with E-state index < -0.39 is 11.9 Å². The van der Waals surface area contributed by atoms with Crippen LogP contribution >= 0.6 is 0 Å². The lowest BCUT2D eigenvalue weighted by atomic mass is 9.98. The normalized spacial score (nSPS) is 11.5. The standard InChI is InChI=1S/C20H23NO5/c1-4-13(2)14-8-5-6-11-17(14)26-12-18(22)21-16-10-7-9-15(19(16)23)20(24)25-3/h5-11,13,23H,4,12H2,1-3H3,(H,21,22). The Kier molecular flexibility index (Phi) is 6.60. The van der Waals surface area contributed by atoms with Crippen LogP contribution in [-0.2, 0) is 9.53 Å². The van der Waals surface area contributed by atoms with Gasteiger partial charge in [0, 0.05) is 0 Å². The molecule has 26 heavy (non-hydrogen) atoms. The van der Waals surface area contributed by atoms with E-state index in [9.17, 15) is 14.7 Å². The molecule has 0 fully saturated rings. The van der Waals surface area contributed by atoms with Crippen LogP contribution in [0, 0.1) is 0 Å². The number of para-hydroxylation sites is 2. The van der Waals surface area contributed by atoms with Crippen molar-refractivity contribution in [2.45, 2.75) is 26.2 Å². The average molecular weight is 357 g/mol. The highest BCUT2D eigenvalue weighted by atomic mass is 16.5. The van der Waals surface area contributed by atoms with E-state index in [1.54, 1.807) is 6.07 Å². The predicted octanol–water partition coefficient (Wildman–Crippen LogP) is 3.71. The second-order valence-electron chi connectivity index (χ2n) is 5.88. The summed E-state index contributed by atoms with van der Waals surface area (Å²) in [6.07, 6.45) is 0.959. The fourth-order valence-electron chi connectivity index (χ4n) is 2.49. The molecule has 0 aromatic heterocycles. The topological polar surface area (TPSA) is 84.9 Å². The zero-order valence-electron chi connectivity index (χ0n) is 15.1. The number of aromatic hydroxyl groups is 1. The molecule has 2 rings (SSSR count). The summed E-state index contributed by atoms with van der Waals surface area (Å²) < 4.78 is 10.2. The summed E-state index contributed by atoms with van der Waals surface area (Å²) in [4.78, 5) is 23.8. The van der Waals surface area contributed by atoms with E-state index in [1.165, 1.54) is 19.2 Å². The van der Waals surface area contributed by atoms with Crippen LogP contribution in [0.4, 0.5) is 5.69 Å². The first-order chi connectivity index (χ1) is 12.5. The highest BCUT2D eigenvalue weighted by molar-refractivity contribution is 5.98. The first-order valence-corrected chi connectivity index (χ1v) is 8.39. The summed E-state index contributed by atoms with van der Waals surface area (Å²) in [5.74, 6) is -0.495. The van der Waals surface area contributed by atoms with E-state index in [0.717, 1.165) is 12.0 Å². The number of phenolic OH excluding ortho intramolecular Hbond substituents is 1. The third-order valence-electron chi connectivity index (χ3n) is 4.14. The van der Waals surface area contributed by atoms with E-state index in [0.29, 0.717) is 11.7 Å². The van der Waals surface area contributed by atoms with Crippen LogP contribution in [0.25, 0.3) is 0 Å². The summed E-state index contributed by atoms with van der Waals surface area (Å²) in [7, 11) is 1.22. The second-order valence-corrected chi connectivity index (χ2v) is 5.88. The van der Waals surface area contributed by atoms with E-state index >= 15 is 0 Å². The number of carbonyl (C=O) groups is 2. The number of anilines is 1. The van der Waals surface area contributed by atoms with E-state index in [4.69, 9.17) is 4.74 Å². The molecule has 0 saturated heterocycles. The fourth-order valence-corrected chi connectivity index (χ4v) is 2.49. The third-order valence-corrected chi connectivity index (χ3v) is 4.14. The van der Waals surface area contributed by atoms with E-state index in [2.05, 4.69) is 23.9 Å². The van der Waals surface area contributed by atoms with Gasteiger partial charge in [-0.25, -0.2) is 4.79 Å². The summed E-state index contributed by atoms with van der Waals surface area (Å²) in [5.41, 5.74) is 1.14. The minimum absolute atomic E-state index is 0.0201. The lowest BCUT2D eigenvalue weighted by Gasteiger charge is -2.16. The number of methoxy groups -OCH3 is 1. The molecule has 0 saturated carbocycles. The van der Waals surface area contributed by atoms with Gasteiger partial charge in [0.05, 0.1) is 12.8 Å². The molecular formula is C20H23NO5. The molecule has 0 aliphatic rings. The molecule has 6 nitrogen and oxygen atoms in total. The molecule has 0 aliphatic heterocycles. The molecule has 0 aliphatic carbocycles. The SMILES string of the molecule is CCC(C)c1ccccc1OCC(=O)Nc1cccc(C(=O)OC)c1O.